The molecule has 2 unspecified atom stereocenters. The van der Waals surface area contributed by atoms with E-state index in [1.165, 1.54) is 14.2 Å². The third-order valence-electron chi connectivity index (χ3n) is 22.9. The zero-order valence-electron chi connectivity index (χ0n) is 73.6. The van der Waals surface area contributed by atoms with E-state index in [9.17, 15) is 28.8 Å². The van der Waals surface area contributed by atoms with Gasteiger partial charge in [0.05, 0.1) is 51.8 Å². The number of hydrogen-bond acceptors (Lipinski definition) is 22. The van der Waals surface area contributed by atoms with Gasteiger partial charge in [-0.05, 0) is 275 Å². The quantitative estimate of drug-likeness (QED) is 0.0141. The number of Topliss-reactive ketones (excluding diaryl/α,β-unsaturated/α-hetero) is 1. The molecule has 8 aromatic rings. The minimum atomic E-state index is -0.527. The third kappa shape index (κ3) is 25.5. The number of rotatable bonds is 37. The van der Waals surface area contributed by atoms with Gasteiger partial charge in [-0.25, -0.2) is 0 Å². The van der Waals surface area contributed by atoms with E-state index < -0.39 is 11.8 Å². The Kier molecular flexibility index (Phi) is 35.2. The highest BCUT2D eigenvalue weighted by atomic mass is 79.9. The van der Waals surface area contributed by atoms with E-state index in [-0.39, 0.29) is 71.4 Å². The first kappa shape index (κ1) is 94.3. The Morgan fingerprint density at radius 1 is 0.550 bits per heavy atom. The Balaban J connectivity index is 0.000000217. The van der Waals surface area contributed by atoms with Crippen molar-refractivity contribution < 1.29 is 75.4 Å². The number of unbranched alkanes of at least 4 members (excludes halogenated alkanes) is 4. The summed E-state index contributed by atoms with van der Waals surface area (Å²) in [6.07, 6.45) is 9.87. The van der Waals surface area contributed by atoms with Gasteiger partial charge >= 0.3 is 19.1 Å². The van der Waals surface area contributed by atoms with Crippen molar-refractivity contribution in [3.05, 3.63) is 190 Å². The van der Waals surface area contributed by atoms with Crippen LogP contribution in [0.1, 0.15) is 229 Å². The first-order chi connectivity index (χ1) is 57.3. The smallest absolute Gasteiger partial charge is 0.494 e. The second-order valence-corrected chi connectivity index (χ2v) is 33.8. The number of aromatic amines is 2. The minimum absolute atomic E-state index is 0.000647. The molecule has 650 valence electrons. The number of carbonyl (C=O) groups is 4. The van der Waals surface area contributed by atoms with E-state index in [1.54, 1.807) is 12.1 Å². The zero-order chi connectivity index (χ0) is 87.0. The largest absolute Gasteiger partial charge is 0.494 e. The summed E-state index contributed by atoms with van der Waals surface area (Å²) >= 11 is 3.61. The van der Waals surface area contributed by atoms with Crippen molar-refractivity contribution in [2.75, 3.05) is 90.0 Å². The summed E-state index contributed by atoms with van der Waals surface area (Å²) in [6.45, 7) is 38.7. The average molecular weight is 1720 g/mol. The van der Waals surface area contributed by atoms with Crippen LogP contribution in [0.5, 0.6) is 23.3 Å². The highest BCUT2D eigenvalue weighted by Gasteiger charge is 2.52. The Bertz CT molecular complexity index is 4770. The van der Waals surface area contributed by atoms with Crippen LogP contribution in [-0.2, 0) is 50.8 Å². The fourth-order valence-corrected chi connectivity index (χ4v) is 15.9. The van der Waals surface area contributed by atoms with Crippen LogP contribution in [0.15, 0.2) is 120 Å². The number of H-pyrrole nitrogens is 2. The van der Waals surface area contributed by atoms with Gasteiger partial charge in [0, 0.05) is 126 Å². The summed E-state index contributed by atoms with van der Waals surface area (Å²) in [6, 6.07) is 31.9. The third-order valence-corrected chi connectivity index (χ3v) is 23.4. The van der Waals surface area contributed by atoms with E-state index in [1.807, 2.05) is 170 Å². The number of anilines is 2. The molecule has 25 nitrogen and oxygen atoms in total. The summed E-state index contributed by atoms with van der Waals surface area (Å²) in [5.41, 5.74) is 11.9. The van der Waals surface area contributed by atoms with Gasteiger partial charge in [0.2, 0.25) is 0 Å². The molecule has 3 saturated heterocycles. The van der Waals surface area contributed by atoms with Crippen molar-refractivity contribution in [1.29, 1.82) is 0 Å². The molecule has 3 N–H and O–H groups in total. The monoisotopic (exact) mass is 1720 g/mol. The average Bonchev–Trinajstić information content (AvgIpc) is 1.38. The summed E-state index contributed by atoms with van der Waals surface area (Å²) in [4.78, 5) is 86.6. The van der Waals surface area contributed by atoms with Crippen LogP contribution in [0.25, 0.3) is 11.1 Å². The summed E-state index contributed by atoms with van der Waals surface area (Å²) < 4.78 is 68.0. The molecule has 0 radical (unpaired) electrons. The molecular formula is C93H125BBrN7O18. The van der Waals surface area contributed by atoms with Crippen LogP contribution in [-0.4, -0.2) is 154 Å². The lowest BCUT2D eigenvalue weighted by atomic mass is 9.79. The van der Waals surface area contributed by atoms with E-state index >= 15 is 0 Å². The predicted molar refractivity (Wildman–Crippen MR) is 470 cm³/mol. The molecule has 4 aromatic carbocycles. The van der Waals surface area contributed by atoms with Gasteiger partial charge in [0.15, 0.2) is 17.3 Å². The molecule has 7 heterocycles. The lowest BCUT2D eigenvalue weighted by Gasteiger charge is -2.37. The number of aryl methyl sites for hydroxylation is 4. The minimum Gasteiger partial charge on any atom is -0.494 e. The summed E-state index contributed by atoms with van der Waals surface area (Å²) in [5, 5.41) is 10.9. The molecule has 0 spiro atoms. The van der Waals surface area contributed by atoms with E-state index in [0.29, 0.717) is 91.3 Å². The van der Waals surface area contributed by atoms with Crippen molar-refractivity contribution in [1.82, 2.24) is 25.6 Å². The molecule has 27 heteroatoms. The van der Waals surface area contributed by atoms with E-state index in [4.69, 9.17) is 56.2 Å². The van der Waals surface area contributed by atoms with Crippen molar-refractivity contribution in [2.45, 2.75) is 229 Å². The lowest BCUT2D eigenvalue weighted by molar-refractivity contribution is -0.145. The topological polar surface area (TPSA) is 297 Å². The molecule has 3 fully saturated rings. The number of ketones is 1. The molecule has 1 amide bonds. The number of methoxy groups -OCH3 is 2. The molecule has 3 aliphatic rings. The number of halogens is 1. The van der Waals surface area contributed by atoms with Gasteiger partial charge in [-0.2, -0.15) is 0 Å². The van der Waals surface area contributed by atoms with Crippen LogP contribution < -0.4 is 50.6 Å². The molecule has 0 bridgehead atoms. The van der Waals surface area contributed by atoms with Gasteiger partial charge in [0.1, 0.15) is 23.3 Å². The van der Waals surface area contributed by atoms with Crippen molar-refractivity contribution in [3.8, 4) is 34.4 Å². The summed E-state index contributed by atoms with van der Waals surface area (Å²) in [5.74, 6) is 1.37. The standard InChI is InChI=1S/C43H56N4O8.C26H38BNO7.C24H31BrN2O3/c1-8-47(33-16-20-52-21-17-33)37-24-32(23-35(30(37)6)41(48)44-26-36-28(4)22-29(5)45-42(36)49)31-12-14-34(15-13-31)53-18-10-9-11-19-54-39-25-38(55-46-39)40(27(2)3)43(50)51-7;1-18(2)23(24(29)30-7)21-17-22(28-33-21)32-16-10-8-9-15-31-20-13-11-19(12-14-20)27-34-25(3,4)26(5,6)35-27;1-5-27(19-8-10-30-11-9-19)22-14-18(25)13-21(17(22)4)23(28)7-6-20-15(2)12-16(3)26-24(20)29/h12-15,22-25,27,33,40H,8-11,16-21,26H2,1-7H3,(H,44,48)(H,45,49);11-14,17-18,23H,8-10,15-16H2,1-7H3;12-14,19H,5-11H2,1-4H3,(H,26,29). The number of pyridine rings is 2. The highest BCUT2D eigenvalue weighted by molar-refractivity contribution is 9.10. The van der Waals surface area contributed by atoms with Gasteiger partial charge < -0.3 is 81.3 Å². The molecule has 11 rings (SSSR count). The molecule has 120 heavy (non-hydrogen) atoms. The summed E-state index contributed by atoms with van der Waals surface area (Å²) in [7, 11) is 2.36. The van der Waals surface area contributed by atoms with Crippen molar-refractivity contribution in [3.63, 3.8) is 0 Å². The van der Waals surface area contributed by atoms with Crippen LogP contribution in [0.3, 0.4) is 0 Å². The second kappa shape index (κ2) is 44.8. The molecule has 0 aliphatic carbocycles. The van der Waals surface area contributed by atoms with Crippen LogP contribution in [0.2, 0.25) is 0 Å². The molecule has 2 atom stereocenters. The number of nitrogens with one attached hydrogen (secondary N) is 3. The zero-order valence-corrected chi connectivity index (χ0v) is 75.1. The number of nitrogens with zero attached hydrogens (tertiary/aromatic N) is 4. The van der Waals surface area contributed by atoms with Crippen LogP contribution in [0, 0.1) is 53.4 Å². The van der Waals surface area contributed by atoms with Gasteiger partial charge in [0.25, 0.3) is 28.8 Å². The first-order valence-corrected chi connectivity index (χ1v) is 43.1. The molecule has 0 saturated carbocycles. The predicted octanol–water partition coefficient (Wildman–Crippen LogP) is 16.8. The van der Waals surface area contributed by atoms with E-state index in [2.05, 4.69) is 77.3 Å². The Morgan fingerprint density at radius 2 is 0.983 bits per heavy atom. The second-order valence-electron chi connectivity index (χ2n) is 32.8. The Hall–Kier alpha value is -9.54. The normalized spacial score (nSPS) is 15.1. The SMILES string of the molecule is CCN(c1cc(-c2ccc(OCCCCCOc3cc(C(C(=O)OC)C(C)C)on3)cc2)cc(C(=O)NCc2c(C)cc(C)[nH]c2=O)c1C)C1CCOCC1.CCN(c1cc(Br)cc(C(=O)CCc2c(C)cc(C)[nH]c2=O)c1C)C1CCOCC1.COC(=O)C(c1cc(OCCCCCOc2ccc(B3OC(C)(C)C(C)(C)O3)cc2)no1)C(C)C. The fraction of sp³-hybridized carbons (Fsp3) is 0.527. The van der Waals surface area contributed by atoms with E-state index in [0.717, 1.165) is 187 Å². The van der Waals surface area contributed by atoms with Gasteiger partial charge in [-0.15, -0.1) is 0 Å². The maximum Gasteiger partial charge on any atom is 0.494 e. The van der Waals surface area contributed by atoms with Gasteiger partial charge in [-0.1, -0.05) is 67.9 Å². The molecule has 4 aromatic heterocycles. The number of benzene rings is 4. The Morgan fingerprint density at radius 3 is 1.43 bits per heavy atom. The number of esters is 2. The first-order valence-electron chi connectivity index (χ1n) is 42.4. The maximum atomic E-state index is 13.9. The van der Waals surface area contributed by atoms with Gasteiger partial charge in [-0.3, -0.25) is 28.8 Å². The van der Waals surface area contributed by atoms with Crippen molar-refractivity contribution in [2.24, 2.45) is 11.8 Å². The number of ether oxygens (including phenoxy) is 8. The lowest BCUT2D eigenvalue weighted by Crippen LogP contribution is -2.41. The number of hydrogen-bond donors (Lipinski definition) is 3. The number of carbonyl (C=O) groups excluding carboxylic acids is 4. The fourth-order valence-electron chi connectivity index (χ4n) is 15.4. The number of amides is 1. The maximum absolute atomic E-state index is 13.9. The molecule has 3 aliphatic heterocycles. The highest BCUT2D eigenvalue weighted by Crippen LogP contribution is 2.39. The Labute approximate surface area is 715 Å². The van der Waals surface area contributed by atoms with Crippen LogP contribution in [0.4, 0.5) is 11.4 Å². The number of aromatic nitrogens is 4. The van der Waals surface area contributed by atoms with Crippen LogP contribution >= 0.6 is 15.9 Å². The van der Waals surface area contributed by atoms with Crippen molar-refractivity contribution >= 4 is 63.5 Å². The molecular weight excluding hydrogens is 1590 g/mol.